The van der Waals surface area contributed by atoms with Gasteiger partial charge in [-0.15, -0.1) is 0 Å². The van der Waals surface area contributed by atoms with E-state index in [1.807, 2.05) is 0 Å². The molecule has 0 spiro atoms. The Morgan fingerprint density at radius 2 is 1.63 bits per heavy atom. The molecule has 0 aliphatic carbocycles. The number of ether oxygens (including phenoxy) is 2. The Balaban J connectivity index is 1.88. The molecule has 160 valence electrons. The van der Waals surface area contributed by atoms with Crippen LogP contribution in [0.2, 0.25) is 0 Å². The highest BCUT2D eigenvalue weighted by Crippen LogP contribution is 2.14. The number of nitrogens with one attached hydrogen (secondary N) is 2. The zero-order valence-corrected chi connectivity index (χ0v) is 16.8. The molecule has 9 heteroatoms. The number of halogens is 1. The molecule has 2 N–H and O–H groups in total. The van der Waals surface area contributed by atoms with E-state index in [0.29, 0.717) is 17.0 Å². The molecular weight excluding hydrogens is 393 g/mol. The molecule has 3 amide bonds. The van der Waals surface area contributed by atoms with Gasteiger partial charge in [-0.3, -0.25) is 14.4 Å². The molecule has 0 unspecified atom stereocenters. The van der Waals surface area contributed by atoms with Gasteiger partial charge in [-0.1, -0.05) is 12.1 Å². The molecular formula is C21H24FN3O5. The third-order valence-electron chi connectivity index (χ3n) is 4.06. The van der Waals surface area contributed by atoms with Crippen LogP contribution in [-0.2, 0) is 25.7 Å². The first-order valence-electron chi connectivity index (χ1n) is 9.13. The average molecular weight is 417 g/mol. The number of benzene rings is 2. The number of rotatable bonds is 10. The minimum absolute atomic E-state index is 0.105. The second kappa shape index (κ2) is 11.5. The number of amides is 3. The normalized spacial score (nSPS) is 10.2. The molecule has 0 saturated carbocycles. The quantitative estimate of drug-likeness (QED) is 0.612. The van der Waals surface area contributed by atoms with Crippen LogP contribution >= 0.6 is 0 Å². The topological polar surface area (TPSA) is 97.0 Å². The highest BCUT2D eigenvalue weighted by atomic mass is 19.1. The van der Waals surface area contributed by atoms with Crippen molar-refractivity contribution in [1.82, 2.24) is 10.2 Å². The lowest BCUT2D eigenvalue weighted by atomic mass is 10.2. The van der Waals surface area contributed by atoms with Crippen molar-refractivity contribution in [2.75, 3.05) is 39.2 Å². The minimum atomic E-state index is -0.508. The Bertz CT molecular complexity index is 856. The monoisotopic (exact) mass is 417 g/mol. The molecule has 0 atom stereocenters. The third kappa shape index (κ3) is 7.51. The number of hydrogen-bond acceptors (Lipinski definition) is 5. The highest BCUT2D eigenvalue weighted by Gasteiger charge is 2.18. The zero-order chi connectivity index (χ0) is 21.9. The zero-order valence-electron chi connectivity index (χ0n) is 16.8. The molecule has 2 aromatic carbocycles. The van der Waals surface area contributed by atoms with Gasteiger partial charge in [0.1, 0.15) is 18.2 Å². The van der Waals surface area contributed by atoms with E-state index in [1.165, 1.54) is 36.3 Å². The summed E-state index contributed by atoms with van der Waals surface area (Å²) in [6.07, 6.45) is 0. The van der Waals surface area contributed by atoms with Gasteiger partial charge in [0.2, 0.25) is 17.7 Å². The van der Waals surface area contributed by atoms with Crippen molar-refractivity contribution in [1.29, 1.82) is 0 Å². The third-order valence-corrected chi connectivity index (χ3v) is 4.06. The lowest BCUT2D eigenvalue weighted by Gasteiger charge is -2.22. The van der Waals surface area contributed by atoms with Crippen LogP contribution in [0.4, 0.5) is 10.1 Å². The van der Waals surface area contributed by atoms with E-state index in [4.69, 9.17) is 9.47 Å². The van der Waals surface area contributed by atoms with Gasteiger partial charge >= 0.3 is 0 Å². The Labute approximate surface area is 174 Å². The summed E-state index contributed by atoms with van der Waals surface area (Å²) < 4.78 is 23.0. The van der Waals surface area contributed by atoms with E-state index in [0.717, 1.165) is 0 Å². The van der Waals surface area contributed by atoms with E-state index in [9.17, 15) is 18.8 Å². The smallest absolute Gasteiger partial charge is 0.249 e. The van der Waals surface area contributed by atoms with E-state index in [1.54, 1.807) is 31.4 Å². The average Bonchev–Trinajstić information content (AvgIpc) is 2.74. The van der Waals surface area contributed by atoms with Crippen molar-refractivity contribution >= 4 is 23.4 Å². The number of anilines is 1. The summed E-state index contributed by atoms with van der Waals surface area (Å²) in [7, 11) is 2.91. The Morgan fingerprint density at radius 1 is 0.967 bits per heavy atom. The van der Waals surface area contributed by atoms with Gasteiger partial charge in [0.25, 0.3) is 0 Å². The summed E-state index contributed by atoms with van der Waals surface area (Å²) in [5.41, 5.74) is 1.22. The second-order valence-corrected chi connectivity index (χ2v) is 6.36. The fourth-order valence-electron chi connectivity index (χ4n) is 2.54. The van der Waals surface area contributed by atoms with Gasteiger partial charge in [-0.2, -0.15) is 0 Å². The van der Waals surface area contributed by atoms with Crippen molar-refractivity contribution in [3.8, 4) is 5.75 Å². The molecule has 8 nitrogen and oxygen atoms in total. The first kappa shape index (κ1) is 22.8. The van der Waals surface area contributed by atoms with Gasteiger partial charge in [-0.05, 0) is 42.0 Å². The lowest BCUT2D eigenvalue weighted by molar-refractivity contribution is -0.139. The van der Waals surface area contributed by atoms with Crippen LogP contribution in [-0.4, -0.2) is 56.5 Å². The van der Waals surface area contributed by atoms with Gasteiger partial charge in [0.15, 0.2) is 0 Å². The molecule has 2 aromatic rings. The Morgan fingerprint density at radius 3 is 2.23 bits per heavy atom. The second-order valence-electron chi connectivity index (χ2n) is 6.36. The maximum absolute atomic E-state index is 13.1. The summed E-state index contributed by atoms with van der Waals surface area (Å²) in [5.74, 6) is -1.06. The molecule has 0 heterocycles. The van der Waals surface area contributed by atoms with Crippen LogP contribution in [0.1, 0.15) is 5.56 Å². The molecule has 0 aliphatic rings. The van der Waals surface area contributed by atoms with E-state index >= 15 is 0 Å². The Kier molecular flexibility index (Phi) is 8.76. The van der Waals surface area contributed by atoms with Crippen molar-refractivity contribution in [3.63, 3.8) is 0 Å². The van der Waals surface area contributed by atoms with E-state index in [-0.39, 0.29) is 26.2 Å². The summed E-state index contributed by atoms with van der Waals surface area (Å²) in [5, 5.41) is 5.12. The van der Waals surface area contributed by atoms with Crippen LogP contribution in [0, 0.1) is 5.82 Å². The molecule has 0 bridgehead atoms. The first-order valence-corrected chi connectivity index (χ1v) is 9.13. The summed E-state index contributed by atoms with van der Waals surface area (Å²) in [6, 6.07) is 12.4. The fraction of sp³-hybridized carbons (Fsp3) is 0.286. The van der Waals surface area contributed by atoms with Gasteiger partial charge in [-0.25, -0.2) is 4.39 Å². The molecule has 0 radical (unpaired) electrons. The molecule has 0 fully saturated rings. The summed E-state index contributed by atoms with van der Waals surface area (Å²) in [6.45, 7) is -0.622. The highest BCUT2D eigenvalue weighted by molar-refractivity contribution is 5.95. The maximum Gasteiger partial charge on any atom is 0.249 e. The molecule has 0 saturated heterocycles. The van der Waals surface area contributed by atoms with Crippen molar-refractivity contribution in [2.45, 2.75) is 6.54 Å². The van der Waals surface area contributed by atoms with E-state index in [2.05, 4.69) is 10.6 Å². The van der Waals surface area contributed by atoms with Gasteiger partial charge in [0.05, 0.1) is 20.2 Å². The number of carbonyl (C=O) groups is 3. The van der Waals surface area contributed by atoms with Crippen molar-refractivity contribution in [3.05, 3.63) is 59.9 Å². The lowest BCUT2D eigenvalue weighted by Crippen LogP contribution is -2.43. The number of methoxy groups -OCH3 is 2. The van der Waals surface area contributed by atoms with Gasteiger partial charge in [0, 0.05) is 19.3 Å². The van der Waals surface area contributed by atoms with Crippen LogP contribution < -0.4 is 15.4 Å². The molecule has 30 heavy (non-hydrogen) atoms. The molecule has 2 rings (SSSR count). The number of hydrogen-bond donors (Lipinski definition) is 2. The van der Waals surface area contributed by atoms with Crippen LogP contribution in [0.3, 0.4) is 0 Å². The molecule has 0 aromatic heterocycles. The largest absolute Gasteiger partial charge is 0.497 e. The molecule has 0 aliphatic heterocycles. The summed E-state index contributed by atoms with van der Waals surface area (Å²) >= 11 is 0. The SMILES string of the molecule is COCC(=O)N(CC(=O)NCC(=O)Nc1ccc(OC)cc1)Cc1ccc(F)cc1. The minimum Gasteiger partial charge on any atom is -0.497 e. The van der Waals surface area contributed by atoms with Crippen molar-refractivity contribution in [2.24, 2.45) is 0 Å². The summed E-state index contributed by atoms with van der Waals surface area (Å²) in [4.78, 5) is 37.8. The predicted molar refractivity (Wildman–Crippen MR) is 108 cm³/mol. The predicted octanol–water partition coefficient (Wildman–Crippen LogP) is 1.56. The van der Waals surface area contributed by atoms with Crippen LogP contribution in [0.25, 0.3) is 0 Å². The van der Waals surface area contributed by atoms with Crippen molar-refractivity contribution < 1.29 is 28.2 Å². The number of carbonyl (C=O) groups excluding carboxylic acids is 3. The van der Waals surface area contributed by atoms with Crippen LogP contribution in [0.15, 0.2) is 48.5 Å². The Hall–Kier alpha value is -3.46. The maximum atomic E-state index is 13.1. The standard InChI is InChI=1S/C21H24FN3O5/c1-29-14-21(28)25(12-15-3-5-16(22)6-4-15)13-20(27)23-11-19(26)24-17-7-9-18(30-2)10-8-17/h3-10H,11-14H2,1-2H3,(H,23,27)(H,24,26). The number of nitrogens with zero attached hydrogens (tertiary/aromatic N) is 1. The first-order chi connectivity index (χ1) is 14.4. The van der Waals surface area contributed by atoms with Gasteiger partial charge < -0.3 is 25.0 Å². The van der Waals surface area contributed by atoms with Crippen LogP contribution in [0.5, 0.6) is 5.75 Å². The van der Waals surface area contributed by atoms with E-state index < -0.39 is 23.5 Å². The fourth-order valence-corrected chi connectivity index (χ4v) is 2.54.